The topological polar surface area (TPSA) is 68.0 Å². The van der Waals surface area contributed by atoms with E-state index in [-0.39, 0.29) is 10.7 Å². The molecular weight excluding hydrogens is 273 g/mol. The Morgan fingerprint density at radius 1 is 1.53 bits per heavy atom. The highest BCUT2D eigenvalue weighted by Crippen LogP contribution is 2.21. The van der Waals surface area contributed by atoms with Gasteiger partial charge in [-0.15, -0.1) is 5.10 Å². The van der Waals surface area contributed by atoms with Crippen molar-refractivity contribution in [3.05, 3.63) is 40.4 Å². The number of rotatable bonds is 4. The first-order chi connectivity index (χ1) is 9.04. The first kappa shape index (κ1) is 13.5. The third kappa shape index (κ3) is 2.58. The van der Waals surface area contributed by atoms with Crippen LogP contribution in [-0.4, -0.2) is 26.1 Å². The molecule has 0 atom stereocenters. The van der Waals surface area contributed by atoms with Crippen molar-refractivity contribution >= 4 is 17.6 Å². The number of hydrogen-bond acceptors (Lipinski definition) is 3. The Morgan fingerprint density at radius 3 is 2.84 bits per heavy atom. The molecule has 0 saturated heterocycles. The molecule has 2 rings (SSSR count). The predicted octanol–water partition coefficient (Wildman–Crippen LogP) is 2.71. The van der Waals surface area contributed by atoms with Gasteiger partial charge >= 0.3 is 5.97 Å². The second-order valence-electron chi connectivity index (χ2n) is 3.95. The number of carboxylic acids is 1. The fourth-order valence-electron chi connectivity index (χ4n) is 1.75. The van der Waals surface area contributed by atoms with Gasteiger partial charge in [-0.2, -0.15) is 0 Å². The number of benzene rings is 1. The molecule has 1 aromatic heterocycles. The number of carboxylic acid groups (broad SMARTS) is 1. The van der Waals surface area contributed by atoms with Gasteiger partial charge in [0.1, 0.15) is 5.82 Å². The number of aromatic carboxylic acids is 1. The quantitative estimate of drug-likeness (QED) is 0.937. The van der Waals surface area contributed by atoms with E-state index in [4.69, 9.17) is 16.7 Å². The molecule has 7 heteroatoms. The molecule has 0 spiro atoms. The molecule has 1 heterocycles. The Balaban J connectivity index is 2.55. The van der Waals surface area contributed by atoms with Crippen LogP contribution in [0.3, 0.4) is 0 Å². The van der Waals surface area contributed by atoms with Crippen LogP contribution in [0, 0.1) is 5.82 Å². The van der Waals surface area contributed by atoms with E-state index in [1.807, 2.05) is 6.92 Å². The maximum absolute atomic E-state index is 13.1. The van der Waals surface area contributed by atoms with Crippen LogP contribution < -0.4 is 0 Å². The molecule has 0 aliphatic rings. The van der Waals surface area contributed by atoms with E-state index in [0.717, 1.165) is 6.42 Å². The second kappa shape index (κ2) is 5.36. The highest BCUT2D eigenvalue weighted by molar-refractivity contribution is 6.30. The predicted molar refractivity (Wildman–Crippen MR) is 67.3 cm³/mol. The van der Waals surface area contributed by atoms with Crippen LogP contribution in [0.4, 0.5) is 4.39 Å². The summed E-state index contributed by atoms with van der Waals surface area (Å²) < 4.78 is 14.5. The summed E-state index contributed by atoms with van der Waals surface area (Å²) in [6.07, 6.45) is 1.24. The van der Waals surface area contributed by atoms with Gasteiger partial charge < -0.3 is 5.11 Å². The molecule has 0 radical (unpaired) electrons. The molecular formula is C12H11ClFN3O2. The maximum atomic E-state index is 13.1. The molecule has 0 aliphatic heterocycles. The standard InChI is InChI=1S/C12H11ClFN3O2/c1-2-3-10-11(12(18)19)15-16-17(10)7-4-5-9(14)8(13)6-7/h4-6H,2-3H2,1H3,(H,18,19). The zero-order valence-corrected chi connectivity index (χ0v) is 10.9. The van der Waals surface area contributed by atoms with Crippen molar-refractivity contribution in [2.24, 2.45) is 0 Å². The van der Waals surface area contributed by atoms with Crippen molar-refractivity contribution in [2.45, 2.75) is 19.8 Å². The summed E-state index contributed by atoms with van der Waals surface area (Å²) >= 11 is 5.71. The van der Waals surface area contributed by atoms with Crippen LogP contribution in [0.1, 0.15) is 29.5 Å². The van der Waals surface area contributed by atoms with Crippen LogP contribution in [-0.2, 0) is 6.42 Å². The van der Waals surface area contributed by atoms with Gasteiger partial charge in [0.25, 0.3) is 0 Å². The minimum absolute atomic E-state index is 0.0488. The van der Waals surface area contributed by atoms with E-state index in [1.54, 1.807) is 0 Å². The molecule has 0 saturated carbocycles. The van der Waals surface area contributed by atoms with Crippen molar-refractivity contribution in [1.29, 1.82) is 0 Å². The first-order valence-corrected chi connectivity index (χ1v) is 6.05. The van der Waals surface area contributed by atoms with Crippen molar-refractivity contribution in [2.75, 3.05) is 0 Å². The lowest BCUT2D eigenvalue weighted by molar-refractivity contribution is 0.0689. The van der Waals surface area contributed by atoms with Gasteiger partial charge in [0, 0.05) is 0 Å². The minimum Gasteiger partial charge on any atom is -0.476 e. The number of carbonyl (C=O) groups is 1. The lowest BCUT2D eigenvalue weighted by Crippen LogP contribution is -2.07. The average Bonchev–Trinajstić information content (AvgIpc) is 2.77. The zero-order chi connectivity index (χ0) is 14.0. The lowest BCUT2D eigenvalue weighted by Gasteiger charge is -2.06. The van der Waals surface area contributed by atoms with Gasteiger partial charge in [-0.3, -0.25) is 0 Å². The Labute approximate surface area is 113 Å². The summed E-state index contributed by atoms with van der Waals surface area (Å²) in [6, 6.07) is 4.06. The minimum atomic E-state index is -1.14. The third-order valence-electron chi connectivity index (χ3n) is 2.60. The number of halogens is 2. The molecule has 0 unspecified atom stereocenters. The van der Waals surface area contributed by atoms with Crippen LogP contribution in [0.5, 0.6) is 0 Å². The third-order valence-corrected chi connectivity index (χ3v) is 2.89. The molecule has 19 heavy (non-hydrogen) atoms. The summed E-state index contributed by atoms with van der Waals surface area (Å²) in [5.41, 5.74) is 0.856. The average molecular weight is 284 g/mol. The Kier molecular flexibility index (Phi) is 3.80. The fourth-order valence-corrected chi connectivity index (χ4v) is 1.93. The number of nitrogens with zero attached hydrogens (tertiary/aromatic N) is 3. The molecule has 0 fully saturated rings. The lowest BCUT2D eigenvalue weighted by atomic mass is 10.2. The Bertz CT molecular complexity index is 627. The van der Waals surface area contributed by atoms with Gasteiger partial charge in [-0.1, -0.05) is 30.2 Å². The summed E-state index contributed by atoms with van der Waals surface area (Å²) in [6.45, 7) is 1.92. The number of hydrogen-bond donors (Lipinski definition) is 1. The summed E-state index contributed by atoms with van der Waals surface area (Å²) in [5.74, 6) is -1.68. The first-order valence-electron chi connectivity index (χ1n) is 5.68. The molecule has 2 aromatic rings. The molecule has 0 amide bonds. The maximum Gasteiger partial charge on any atom is 0.358 e. The van der Waals surface area contributed by atoms with Gasteiger partial charge in [0.05, 0.1) is 16.4 Å². The van der Waals surface area contributed by atoms with Crippen molar-refractivity contribution < 1.29 is 14.3 Å². The van der Waals surface area contributed by atoms with Crippen LogP contribution in [0.25, 0.3) is 5.69 Å². The van der Waals surface area contributed by atoms with Crippen LogP contribution >= 0.6 is 11.6 Å². The monoisotopic (exact) mass is 283 g/mol. The van der Waals surface area contributed by atoms with Gasteiger partial charge in [-0.25, -0.2) is 13.9 Å². The molecule has 1 N–H and O–H groups in total. The van der Waals surface area contributed by atoms with Gasteiger partial charge in [0.2, 0.25) is 0 Å². The van der Waals surface area contributed by atoms with E-state index in [1.165, 1.54) is 22.9 Å². The van der Waals surface area contributed by atoms with E-state index in [0.29, 0.717) is 17.8 Å². The fraction of sp³-hybridized carbons (Fsp3) is 0.250. The molecule has 1 aromatic carbocycles. The van der Waals surface area contributed by atoms with Crippen molar-refractivity contribution in [3.8, 4) is 5.69 Å². The summed E-state index contributed by atoms with van der Waals surface area (Å²) in [4.78, 5) is 11.1. The zero-order valence-electron chi connectivity index (χ0n) is 10.1. The highest BCUT2D eigenvalue weighted by Gasteiger charge is 2.19. The molecule has 0 aliphatic carbocycles. The highest BCUT2D eigenvalue weighted by atomic mass is 35.5. The van der Waals surface area contributed by atoms with E-state index >= 15 is 0 Å². The van der Waals surface area contributed by atoms with E-state index in [9.17, 15) is 9.18 Å². The smallest absolute Gasteiger partial charge is 0.358 e. The summed E-state index contributed by atoms with van der Waals surface area (Å²) in [5, 5.41) is 16.4. The SMILES string of the molecule is CCCc1c(C(=O)O)nnn1-c1ccc(F)c(Cl)c1. The van der Waals surface area contributed by atoms with Gasteiger partial charge in [-0.05, 0) is 24.6 Å². The molecule has 0 bridgehead atoms. The van der Waals surface area contributed by atoms with E-state index < -0.39 is 11.8 Å². The van der Waals surface area contributed by atoms with E-state index in [2.05, 4.69) is 10.3 Å². The van der Waals surface area contributed by atoms with Crippen molar-refractivity contribution in [1.82, 2.24) is 15.0 Å². The van der Waals surface area contributed by atoms with Crippen LogP contribution in [0.2, 0.25) is 5.02 Å². The Morgan fingerprint density at radius 2 is 2.26 bits per heavy atom. The second-order valence-corrected chi connectivity index (χ2v) is 4.36. The summed E-state index contributed by atoms with van der Waals surface area (Å²) in [7, 11) is 0. The number of aromatic nitrogens is 3. The van der Waals surface area contributed by atoms with Gasteiger partial charge in [0.15, 0.2) is 5.69 Å². The largest absolute Gasteiger partial charge is 0.476 e. The normalized spacial score (nSPS) is 10.7. The van der Waals surface area contributed by atoms with Crippen molar-refractivity contribution in [3.63, 3.8) is 0 Å². The molecule has 5 nitrogen and oxygen atoms in total. The molecule has 100 valence electrons. The van der Waals surface area contributed by atoms with Crippen LogP contribution in [0.15, 0.2) is 18.2 Å². The Hall–Kier alpha value is -1.95.